The van der Waals surface area contributed by atoms with Gasteiger partial charge in [0, 0.05) is 10.9 Å². The number of halogens is 1. The van der Waals surface area contributed by atoms with E-state index in [0.717, 1.165) is 11.3 Å². The lowest BCUT2D eigenvalue weighted by atomic mass is 10.1. The molecule has 0 bridgehead atoms. The Balaban J connectivity index is 2.33. The van der Waals surface area contributed by atoms with Crippen LogP contribution in [0.15, 0.2) is 35.2 Å². The Kier molecular flexibility index (Phi) is 2.36. The van der Waals surface area contributed by atoms with Crippen molar-refractivity contribution in [1.29, 1.82) is 0 Å². The maximum absolute atomic E-state index is 12.2. The second-order valence-electron chi connectivity index (χ2n) is 2.70. The van der Waals surface area contributed by atoms with E-state index in [4.69, 9.17) is 0 Å². The van der Waals surface area contributed by atoms with Gasteiger partial charge in [0.15, 0.2) is 0 Å². The van der Waals surface area contributed by atoms with E-state index in [2.05, 4.69) is 4.98 Å². The monoisotopic (exact) mass is 193 g/mol. The molecule has 1 heterocycles. The Hall–Kier alpha value is -1.22. The molecule has 0 unspecified atom stereocenters. The highest BCUT2D eigenvalue weighted by Crippen LogP contribution is 2.19. The molecule has 1 aromatic carbocycles. The van der Waals surface area contributed by atoms with Crippen LogP contribution in [0.5, 0.6) is 0 Å². The van der Waals surface area contributed by atoms with Gasteiger partial charge >= 0.3 is 0 Å². The minimum absolute atomic E-state index is 0.405. The van der Waals surface area contributed by atoms with Gasteiger partial charge in [-0.1, -0.05) is 24.3 Å². The largest absolute Gasteiger partial charge is 0.246 e. The molecule has 66 valence electrons. The van der Waals surface area contributed by atoms with Gasteiger partial charge in [-0.2, -0.15) is 0 Å². The molecule has 0 amide bonds. The number of aromatic nitrogens is 1. The molecule has 13 heavy (non-hydrogen) atoms. The molecule has 0 N–H and O–H groups in total. The van der Waals surface area contributed by atoms with E-state index in [1.807, 2.05) is 17.5 Å². The van der Waals surface area contributed by atoms with Crippen molar-refractivity contribution in [3.8, 4) is 11.3 Å². The van der Waals surface area contributed by atoms with Gasteiger partial charge < -0.3 is 0 Å². The van der Waals surface area contributed by atoms with E-state index in [1.54, 1.807) is 29.0 Å². The zero-order chi connectivity index (χ0) is 9.10. The van der Waals surface area contributed by atoms with Crippen molar-refractivity contribution in [3.63, 3.8) is 0 Å². The number of hydrogen-bond donors (Lipinski definition) is 0. The average molecular weight is 193 g/mol. The summed E-state index contributed by atoms with van der Waals surface area (Å²) in [6, 6.07) is 7.36. The van der Waals surface area contributed by atoms with Crippen molar-refractivity contribution < 1.29 is 4.39 Å². The summed E-state index contributed by atoms with van der Waals surface area (Å²) in [5, 5.41) is 1.98. The molecular formula is C10H8FNS. The molecule has 0 spiro atoms. The van der Waals surface area contributed by atoms with Crippen molar-refractivity contribution in [3.05, 3.63) is 40.7 Å². The normalized spacial score (nSPS) is 10.2. The van der Waals surface area contributed by atoms with E-state index in [1.165, 1.54) is 0 Å². The van der Waals surface area contributed by atoms with Crippen molar-refractivity contribution in [2.45, 2.75) is 6.67 Å². The summed E-state index contributed by atoms with van der Waals surface area (Å²) >= 11 is 1.56. The fourth-order valence-corrected chi connectivity index (χ4v) is 1.68. The fourth-order valence-electron chi connectivity index (χ4n) is 1.12. The Morgan fingerprint density at radius 2 is 2.00 bits per heavy atom. The summed E-state index contributed by atoms with van der Waals surface area (Å²) in [6.07, 6.45) is 0. The summed E-state index contributed by atoms with van der Waals surface area (Å²) in [7, 11) is 0. The molecule has 0 aliphatic rings. The van der Waals surface area contributed by atoms with Crippen LogP contribution in [-0.4, -0.2) is 4.98 Å². The van der Waals surface area contributed by atoms with Gasteiger partial charge in [-0.3, -0.25) is 0 Å². The Bertz CT molecular complexity index is 366. The number of alkyl halides is 1. The Labute approximate surface area is 79.9 Å². The highest BCUT2D eigenvalue weighted by Gasteiger charge is 1.98. The van der Waals surface area contributed by atoms with E-state index in [-0.39, 0.29) is 0 Å². The SMILES string of the molecule is FCc1ccc(-c2cscn2)cc1. The highest BCUT2D eigenvalue weighted by molar-refractivity contribution is 7.07. The van der Waals surface area contributed by atoms with Crippen LogP contribution >= 0.6 is 11.3 Å². The number of benzene rings is 1. The maximum atomic E-state index is 12.2. The van der Waals surface area contributed by atoms with Crippen molar-refractivity contribution in [2.75, 3.05) is 0 Å². The first kappa shape index (κ1) is 8.38. The molecule has 0 aliphatic carbocycles. The van der Waals surface area contributed by atoms with Gasteiger partial charge in [0.2, 0.25) is 0 Å². The van der Waals surface area contributed by atoms with Gasteiger partial charge in [0.25, 0.3) is 0 Å². The molecule has 0 fully saturated rings. The third kappa shape index (κ3) is 1.75. The zero-order valence-electron chi connectivity index (χ0n) is 6.90. The number of hydrogen-bond acceptors (Lipinski definition) is 2. The smallest absolute Gasteiger partial charge is 0.115 e. The lowest BCUT2D eigenvalue weighted by Crippen LogP contribution is -1.80. The number of rotatable bonds is 2. The van der Waals surface area contributed by atoms with Crippen LogP contribution in [0.3, 0.4) is 0 Å². The first-order chi connectivity index (χ1) is 6.40. The zero-order valence-corrected chi connectivity index (χ0v) is 7.72. The first-order valence-electron chi connectivity index (χ1n) is 3.93. The average Bonchev–Trinajstić information content (AvgIpc) is 2.71. The highest BCUT2D eigenvalue weighted by atomic mass is 32.1. The Morgan fingerprint density at radius 1 is 1.23 bits per heavy atom. The van der Waals surface area contributed by atoms with Crippen LogP contribution in [0.4, 0.5) is 4.39 Å². The molecule has 3 heteroatoms. The standard InChI is InChI=1S/C10H8FNS/c11-5-8-1-3-9(4-2-8)10-6-13-7-12-10/h1-4,6-7H,5H2. The third-order valence-electron chi connectivity index (χ3n) is 1.84. The maximum Gasteiger partial charge on any atom is 0.115 e. The van der Waals surface area contributed by atoms with E-state index < -0.39 is 6.67 Å². The van der Waals surface area contributed by atoms with Crippen LogP contribution in [0, 0.1) is 0 Å². The Morgan fingerprint density at radius 3 is 2.54 bits per heavy atom. The second-order valence-corrected chi connectivity index (χ2v) is 3.42. The van der Waals surface area contributed by atoms with Crippen molar-refractivity contribution in [1.82, 2.24) is 4.98 Å². The summed E-state index contributed by atoms with van der Waals surface area (Å²) in [5.41, 5.74) is 4.49. The molecule has 0 saturated carbocycles. The summed E-state index contributed by atoms with van der Waals surface area (Å²) in [6.45, 7) is -0.405. The fraction of sp³-hybridized carbons (Fsp3) is 0.100. The summed E-state index contributed by atoms with van der Waals surface area (Å²) in [5.74, 6) is 0. The van der Waals surface area contributed by atoms with Gasteiger partial charge in [0.1, 0.15) is 6.67 Å². The predicted molar refractivity (Wildman–Crippen MR) is 52.4 cm³/mol. The van der Waals surface area contributed by atoms with Crippen LogP contribution in [0.1, 0.15) is 5.56 Å². The molecule has 1 aromatic heterocycles. The lowest BCUT2D eigenvalue weighted by Gasteiger charge is -1.97. The molecule has 1 nitrogen and oxygen atoms in total. The van der Waals surface area contributed by atoms with Crippen LogP contribution < -0.4 is 0 Å². The van der Waals surface area contributed by atoms with Gasteiger partial charge in [-0.15, -0.1) is 11.3 Å². The number of thiazole rings is 1. The molecule has 0 radical (unpaired) electrons. The van der Waals surface area contributed by atoms with Gasteiger partial charge in [-0.05, 0) is 5.56 Å². The predicted octanol–water partition coefficient (Wildman–Crippen LogP) is 3.28. The topological polar surface area (TPSA) is 12.9 Å². The lowest BCUT2D eigenvalue weighted by molar-refractivity contribution is 0.485. The molecule has 0 atom stereocenters. The van der Waals surface area contributed by atoms with E-state index in [0.29, 0.717) is 5.56 Å². The molecule has 0 saturated heterocycles. The quantitative estimate of drug-likeness (QED) is 0.713. The molecular weight excluding hydrogens is 185 g/mol. The minimum Gasteiger partial charge on any atom is -0.246 e. The molecule has 2 rings (SSSR count). The van der Waals surface area contributed by atoms with Crippen LogP contribution in [0.2, 0.25) is 0 Å². The molecule has 2 aromatic rings. The third-order valence-corrected chi connectivity index (χ3v) is 2.42. The van der Waals surface area contributed by atoms with Crippen molar-refractivity contribution >= 4 is 11.3 Å². The van der Waals surface area contributed by atoms with Crippen molar-refractivity contribution in [2.24, 2.45) is 0 Å². The molecule has 0 aliphatic heterocycles. The van der Waals surface area contributed by atoms with E-state index in [9.17, 15) is 4.39 Å². The van der Waals surface area contributed by atoms with E-state index >= 15 is 0 Å². The van der Waals surface area contributed by atoms with Crippen LogP contribution in [-0.2, 0) is 6.67 Å². The summed E-state index contributed by atoms with van der Waals surface area (Å²) < 4.78 is 12.2. The number of nitrogens with zero attached hydrogens (tertiary/aromatic N) is 1. The summed E-state index contributed by atoms with van der Waals surface area (Å²) in [4.78, 5) is 4.17. The van der Waals surface area contributed by atoms with Gasteiger partial charge in [-0.25, -0.2) is 9.37 Å². The van der Waals surface area contributed by atoms with Gasteiger partial charge in [0.05, 0.1) is 11.2 Å². The minimum atomic E-state index is -0.405. The van der Waals surface area contributed by atoms with Crippen LogP contribution in [0.25, 0.3) is 11.3 Å². The first-order valence-corrected chi connectivity index (χ1v) is 4.88. The second kappa shape index (κ2) is 3.66.